The van der Waals surface area contributed by atoms with Crippen molar-refractivity contribution in [1.82, 2.24) is 9.55 Å². The van der Waals surface area contributed by atoms with Gasteiger partial charge in [0.1, 0.15) is 5.00 Å². The molecule has 9 heteroatoms. The number of nitrogens with one attached hydrogen (secondary N) is 1. The molecule has 2 amide bonds. The highest BCUT2D eigenvalue weighted by Crippen LogP contribution is 2.39. The zero-order chi connectivity index (χ0) is 22.9. The van der Waals surface area contributed by atoms with Gasteiger partial charge in [0.2, 0.25) is 5.91 Å². The molecule has 0 atom stereocenters. The molecule has 0 unspecified atom stereocenters. The molecule has 0 saturated carbocycles. The number of hydrogen-bond donors (Lipinski definition) is 2. The smallest absolute Gasteiger partial charge is 0.251 e. The maximum atomic E-state index is 12.8. The summed E-state index contributed by atoms with van der Waals surface area (Å²) in [5.74, 6) is -0.523. The molecule has 6 nitrogen and oxygen atoms in total. The Balaban J connectivity index is 1.37. The van der Waals surface area contributed by atoms with Gasteiger partial charge in [0, 0.05) is 9.90 Å². The lowest BCUT2D eigenvalue weighted by Crippen LogP contribution is -2.19. The van der Waals surface area contributed by atoms with E-state index in [1.807, 2.05) is 36.4 Å². The third-order valence-corrected chi connectivity index (χ3v) is 8.03. The fraction of sp³-hybridized carbons (Fsp3) is 0.208. The average molecular weight is 497 g/mol. The van der Waals surface area contributed by atoms with Crippen molar-refractivity contribution in [2.45, 2.75) is 31.0 Å². The third kappa shape index (κ3) is 4.51. The molecule has 0 spiro atoms. The molecular weight excluding hydrogens is 476 g/mol. The van der Waals surface area contributed by atoms with Crippen LogP contribution in [-0.2, 0) is 24.2 Å². The summed E-state index contributed by atoms with van der Waals surface area (Å²) in [7, 11) is 0. The normalized spacial score (nSPS) is 12.8. The molecule has 1 aliphatic carbocycles. The van der Waals surface area contributed by atoms with E-state index >= 15 is 0 Å². The van der Waals surface area contributed by atoms with Crippen LogP contribution in [0.2, 0.25) is 5.02 Å². The third-order valence-electron chi connectivity index (χ3n) is 5.61. The van der Waals surface area contributed by atoms with Crippen molar-refractivity contribution in [3.8, 4) is 0 Å². The highest BCUT2D eigenvalue weighted by atomic mass is 35.5. The number of primary amides is 1. The standard InChI is InChI=1S/C24H21ClN4O2S2/c25-15-9-10-18-17(11-15)27-24(29(18)12-14-5-2-1-3-6-14)32-13-20(30)28-23-21(22(26)31)16-7-4-8-19(16)33-23/h1-3,5-6,9-11H,4,7-8,12-13H2,(H2,26,31)(H,28,30). The minimum atomic E-state index is -0.487. The number of fused-ring (bicyclic) bond motifs is 2. The first kappa shape index (κ1) is 22.0. The van der Waals surface area contributed by atoms with Crippen LogP contribution in [0.5, 0.6) is 0 Å². The van der Waals surface area contributed by atoms with E-state index in [0.29, 0.717) is 22.1 Å². The van der Waals surface area contributed by atoms with E-state index in [-0.39, 0.29) is 11.7 Å². The molecule has 5 rings (SSSR count). The summed E-state index contributed by atoms with van der Waals surface area (Å²) in [5, 5.41) is 4.81. The van der Waals surface area contributed by atoms with Gasteiger partial charge in [-0.2, -0.15) is 0 Å². The van der Waals surface area contributed by atoms with Crippen LogP contribution in [0.4, 0.5) is 5.00 Å². The van der Waals surface area contributed by atoms with Crippen LogP contribution >= 0.6 is 34.7 Å². The molecule has 2 aromatic heterocycles. The van der Waals surface area contributed by atoms with Crippen molar-refractivity contribution >= 4 is 62.5 Å². The molecule has 2 aromatic carbocycles. The Bertz CT molecular complexity index is 1360. The van der Waals surface area contributed by atoms with Crippen LogP contribution in [0, 0.1) is 0 Å². The van der Waals surface area contributed by atoms with Gasteiger partial charge < -0.3 is 15.6 Å². The van der Waals surface area contributed by atoms with Crippen molar-refractivity contribution in [2.24, 2.45) is 5.73 Å². The quantitative estimate of drug-likeness (QED) is 0.347. The van der Waals surface area contributed by atoms with E-state index < -0.39 is 5.91 Å². The summed E-state index contributed by atoms with van der Waals surface area (Å²) in [4.78, 5) is 30.7. The lowest BCUT2D eigenvalue weighted by atomic mass is 10.1. The van der Waals surface area contributed by atoms with Crippen molar-refractivity contribution in [3.05, 3.63) is 75.1 Å². The molecule has 0 radical (unpaired) electrons. The van der Waals surface area contributed by atoms with Gasteiger partial charge in [0.05, 0.1) is 28.9 Å². The van der Waals surface area contributed by atoms with E-state index in [0.717, 1.165) is 51.5 Å². The number of rotatable bonds is 7. The minimum absolute atomic E-state index is 0.159. The second kappa shape index (κ2) is 9.21. The number of halogens is 1. The van der Waals surface area contributed by atoms with Crippen LogP contribution in [0.1, 0.15) is 32.8 Å². The first-order chi connectivity index (χ1) is 16.0. The molecule has 0 aliphatic heterocycles. The van der Waals surface area contributed by atoms with Gasteiger partial charge in [0.15, 0.2) is 5.16 Å². The van der Waals surface area contributed by atoms with E-state index in [9.17, 15) is 9.59 Å². The number of aromatic nitrogens is 2. The summed E-state index contributed by atoms with van der Waals surface area (Å²) in [6, 6.07) is 15.7. The first-order valence-electron chi connectivity index (χ1n) is 10.6. The van der Waals surface area contributed by atoms with Crippen molar-refractivity contribution in [1.29, 1.82) is 0 Å². The number of amides is 2. The number of hydrogen-bond acceptors (Lipinski definition) is 5. The zero-order valence-corrected chi connectivity index (χ0v) is 20.0. The molecule has 33 heavy (non-hydrogen) atoms. The number of nitrogens with two attached hydrogens (primary N) is 1. The molecule has 0 fully saturated rings. The van der Waals surface area contributed by atoms with Gasteiger partial charge in [-0.25, -0.2) is 4.98 Å². The van der Waals surface area contributed by atoms with E-state index in [1.54, 1.807) is 0 Å². The Labute approximate surface area is 204 Å². The number of aryl methyl sites for hydroxylation is 1. The average Bonchev–Trinajstić information content (AvgIpc) is 3.46. The van der Waals surface area contributed by atoms with Gasteiger partial charge in [-0.15, -0.1) is 11.3 Å². The number of benzene rings is 2. The minimum Gasteiger partial charge on any atom is -0.365 e. The molecule has 3 N–H and O–H groups in total. The summed E-state index contributed by atoms with van der Waals surface area (Å²) in [6.45, 7) is 0.631. The fourth-order valence-electron chi connectivity index (χ4n) is 4.16. The largest absolute Gasteiger partial charge is 0.365 e. The lowest BCUT2D eigenvalue weighted by molar-refractivity contribution is -0.113. The lowest BCUT2D eigenvalue weighted by Gasteiger charge is -2.10. The summed E-state index contributed by atoms with van der Waals surface area (Å²) >= 11 is 8.99. The van der Waals surface area contributed by atoms with Gasteiger partial charge in [-0.3, -0.25) is 9.59 Å². The molecule has 1 aliphatic rings. The first-order valence-corrected chi connectivity index (χ1v) is 12.7. The van der Waals surface area contributed by atoms with Gasteiger partial charge >= 0.3 is 0 Å². The van der Waals surface area contributed by atoms with Crippen LogP contribution in [0.3, 0.4) is 0 Å². The van der Waals surface area contributed by atoms with Crippen molar-refractivity contribution in [3.63, 3.8) is 0 Å². The van der Waals surface area contributed by atoms with Crippen LogP contribution < -0.4 is 11.1 Å². The fourth-order valence-corrected chi connectivity index (χ4v) is 6.45. The molecule has 0 saturated heterocycles. The number of thioether (sulfide) groups is 1. The topological polar surface area (TPSA) is 90.0 Å². The van der Waals surface area contributed by atoms with E-state index in [2.05, 4.69) is 22.0 Å². The maximum Gasteiger partial charge on any atom is 0.251 e. The van der Waals surface area contributed by atoms with Crippen LogP contribution in [0.25, 0.3) is 11.0 Å². The zero-order valence-electron chi connectivity index (χ0n) is 17.6. The molecular formula is C24H21ClN4O2S2. The predicted octanol–water partition coefficient (Wildman–Crippen LogP) is 5.12. The van der Waals surface area contributed by atoms with Crippen molar-refractivity contribution in [2.75, 3.05) is 11.1 Å². The molecule has 0 bridgehead atoms. The van der Waals surface area contributed by atoms with Crippen LogP contribution in [0.15, 0.2) is 53.7 Å². The maximum absolute atomic E-state index is 12.8. The number of thiophene rings is 1. The summed E-state index contributed by atoms with van der Waals surface area (Å²) in [6.07, 6.45) is 2.78. The number of carbonyl (C=O) groups excluding carboxylic acids is 2. The highest BCUT2D eigenvalue weighted by Gasteiger charge is 2.26. The molecule has 168 valence electrons. The summed E-state index contributed by atoms with van der Waals surface area (Å²) in [5.41, 5.74) is 9.95. The highest BCUT2D eigenvalue weighted by molar-refractivity contribution is 7.99. The SMILES string of the molecule is NC(=O)c1c(NC(=O)CSc2nc3cc(Cl)ccc3n2Cc2ccccc2)sc2c1CCC2. The number of anilines is 1. The number of imidazole rings is 1. The summed E-state index contributed by atoms with van der Waals surface area (Å²) < 4.78 is 2.09. The number of carbonyl (C=O) groups is 2. The van der Waals surface area contributed by atoms with Gasteiger partial charge in [-0.1, -0.05) is 53.7 Å². The molecule has 2 heterocycles. The Morgan fingerprint density at radius 2 is 2.00 bits per heavy atom. The van der Waals surface area contributed by atoms with Gasteiger partial charge in [0.25, 0.3) is 5.91 Å². The van der Waals surface area contributed by atoms with Gasteiger partial charge in [-0.05, 0) is 48.6 Å². The Hall–Kier alpha value is -2.81. The monoisotopic (exact) mass is 496 g/mol. The Morgan fingerprint density at radius 1 is 1.18 bits per heavy atom. The second-order valence-electron chi connectivity index (χ2n) is 7.86. The van der Waals surface area contributed by atoms with Crippen LogP contribution in [-0.4, -0.2) is 27.1 Å². The number of nitrogens with zero attached hydrogens (tertiary/aromatic N) is 2. The Kier molecular flexibility index (Phi) is 6.14. The van der Waals surface area contributed by atoms with Crippen molar-refractivity contribution < 1.29 is 9.59 Å². The molecule has 4 aromatic rings. The Morgan fingerprint density at radius 3 is 2.79 bits per heavy atom. The predicted molar refractivity (Wildman–Crippen MR) is 135 cm³/mol. The second-order valence-corrected chi connectivity index (χ2v) is 10.3. The van der Waals surface area contributed by atoms with E-state index in [1.165, 1.54) is 23.1 Å². The van der Waals surface area contributed by atoms with E-state index in [4.69, 9.17) is 22.3 Å².